The Bertz CT molecular complexity index is 3400. The van der Waals surface area contributed by atoms with Crippen molar-refractivity contribution in [1.82, 2.24) is 19.9 Å². The predicted molar refractivity (Wildman–Crippen MR) is 239 cm³/mol. The van der Waals surface area contributed by atoms with Crippen LogP contribution in [0.5, 0.6) is 0 Å². The molecule has 4 heterocycles. The lowest BCUT2D eigenvalue weighted by Gasteiger charge is -2.35. The summed E-state index contributed by atoms with van der Waals surface area (Å²) in [5.41, 5.74) is 15.5. The van der Waals surface area contributed by atoms with Gasteiger partial charge in [0.2, 0.25) is 0 Å². The largest absolute Gasteiger partial charge is 0.308 e. The molecule has 3 aliphatic rings. The van der Waals surface area contributed by atoms with Crippen LogP contribution in [0, 0.1) is 0 Å². The minimum Gasteiger partial charge on any atom is -0.308 e. The van der Waals surface area contributed by atoms with Gasteiger partial charge in [-0.1, -0.05) is 139 Å². The van der Waals surface area contributed by atoms with Gasteiger partial charge >= 0.3 is 0 Å². The quantitative estimate of drug-likeness (QED) is 0.178. The van der Waals surface area contributed by atoms with Crippen molar-refractivity contribution < 1.29 is 0 Å². The molecule has 5 nitrogen and oxygen atoms in total. The van der Waals surface area contributed by atoms with Gasteiger partial charge < -0.3 is 4.90 Å². The Morgan fingerprint density at radius 1 is 0.492 bits per heavy atom. The molecule has 59 heavy (non-hydrogen) atoms. The molecule has 0 saturated heterocycles. The lowest BCUT2D eigenvalue weighted by molar-refractivity contribution is 0.788. The Morgan fingerprint density at radius 3 is 2.22 bits per heavy atom. The van der Waals surface area contributed by atoms with Gasteiger partial charge in [0.15, 0.2) is 5.82 Å². The van der Waals surface area contributed by atoms with E-state index in [4.69, 9.17) is 19.9 Å². The number of benzene rings is 7. The first-order valence-corrected chi connectivity index (χ1v) is 20.7. The van der Waals surface area contributed by atoms with E-state index < -0.39 is 5.41 Å². The number of hydrogen-bond donors (Lipinski definition) is 0. The van der Waals surface area contributed by atoms with Crippen LogP contribution < -0.4 is 4.90 Å². The average molecular weight is 770 g/mol. The average Bonchev–Trinajstić information content (AvgIpc) is 3.78. The first-order chi connectivity index (χ1) is 29.3. The number of para-hydroxylation sites is 2. The van der Waals surface area contributed by atoms with Crippen LogP contribution in [0.15, 0.2) is 198 Å². The van der Waals surface area contributed by atoms with Gasteiger partial charge in [-0.3, -0.25) is 9.97 Å². The van der Waals surface area contributed by atoms with E-state index in [0.717, 1.165) is 55.9 Å². The van der Waals surface area contributed by atoms with E-state index in [2.05, 4.69) is 163 Å². The maximum atomic E-state index is 5.28. The zero-order valence-corrected chi connectivity index (χ0v) is 32.4. The molecule has 3 aromatic heterocycles. The number of anilines is 3. The van der Waals surface area contributed by atoms with Gasteiger partial charge in [0, 0.05) is 55.5 Å². The standard InChI is InChI=1S/C53H31N5S/c1-2-14-33(15-3-1)48-38-18-7-9-21-43(38)56-52(57-48)35-30-42-50(55-31-35)49-41(20-12-28-54-49)53(42)39-19-8-6-17-37(39)47-40(53)26-27-45-51(47)59-46-23-11-10-22-44(46)58(45)36-25-24-32-13-4-5-16-34(32)29-36/h1-31H. The number of rotatable bonds is 3. The fraction of sp³-hybridized carbons (Fsp3) is 0.0189. The lowest BCUT2D eigenvalue weighted by atomic mass is 9.71. The van der Waals surface area contributed by atoms with Crippen molar-refractivity contribution in [1.29, 1.82) is 0 Å². The van der Waals surface area contributed by atoms with Crippen molar-refractivity contribution in [2.45, 2.75) is 15.2 Å². The van der Waals surface area contributed by atoms with Gasteiger partial charge in [-0.2, -0.15) is 0 Å². The third-order valence-electron chi connectivity index (χ3n) is 12.3. The van der Waals surface area contributed by atoms with Crippen molar-refractivity contribution in [3.8, 4) is 45.2 Å². The summed E-state index contributed by atoms with van der Waals surface area (Å²) in [4.78, 5) is 25.7. The predicted octanol–water partition coefficient (Wildman–Crippen LogP) is 13.2. The molecule has 1 unspecified atom stereocenters. The van der Waals surface area contributed by atoms with Crippen LogP contribution in [0.3, 0.4) is 0 Å². The highest BCUT2D eigenvalue weighted by Gasteiger charge is 2.54. The van der Waals surface area contributed by atoms with Gasteiger partial charge in [0.1, 0.15) is 0 Å². The van der Waals surface area contributed by atoms with Gasteiger partial charge in [-0.15, -0.1) is 0 Å². The molecular formula is C53H31N5S. The van der Waals surface area contributed by atoms with Gasteiger partial charge in [0.25, 0.3) is 0 Å². The molecule has 274 valence electrons. The van der Waals surface area contributed by atoms with E-state index in [1.807, 2.05) is 42.4 Å². The summed E-state index contributed by atoms with van der Waals surface area (Å²) < 4.78 is 0. The Morgan fingerprint density at radius 2 is 1.27 bits per heavy atom. The maximum absolute atomic E-state index is 5.28. The van der Waals surface area contributed by atoms with Gasteiger partial charge in [-0.05, 0) is 81.6 Å². The second-order valence-corrected chi connectivity index (χ2v) is 16.4. The van der Waals surface area contributed by atoms with Crippen LogP contribution in [0.1, 0.15) is 22.3 Å². The smallest absolute Gasteiger partial charge is 0.161 e. The molecule has 13 rings (SSSR count). The van der Waals surface area contributed by atoms with Crippen molar-refractivity contribution >= 4 is 50.5 Å². The molecule has 6 heteroatoms. The lowest BCUT2D eigenvalue weighted by Crippen LogP contribution is -2.26. The first kappa shape index (κ1) is 32.7. The minimum absolute atomic E-state index is 0.645. The van der Waals surface area contributed by atoms with Crippen molar-refractivity contribution in [3.05, 3.63) is 211 Å². The van der Waals surface area contributed by atoms with Crippen molar-refractivity contribution in [2.24, 2.45) is 0 Å². The van der Waals surface area contributed by atoms with E-state index in [1.54, 1.807) is 0 Å². The summed E-state index contributed by atoms with van der Waals surface area (Å²) in [5.74, 6) is 0.645. The second-order valence-electron chi connectivity index (χ2n) is 15.4. The van der Waals surface area contributed by atoms with Gasteiger partial charge in [-0.25, -0.2) is 9.97 Å². The highest BCUT2D eigenvalue weighted by atomic mass is 32.2. The zero-order chi connectivity index (χ0) is 38.7. The summed E-state index contributed by atoms with van der Waals surface area (Å²) in [7, 11) is 0. The Kier molecular flexibility index (Phi) is 6.80. The van der Waals surface area contributed by atoms with E-state index in [0.29, 0.717) is 5.82 Å². The van der Waals surface area contributed by atoms with E-state index in [9.17, 15) is 0 Å². The van der Waals surface area contributed by atoms with Crippen molar-refractivity contribution in [2.75, 3.05) is 4.90 Å². The monoisotopic (exact) mass is 769 g/mol. The Balaban J connectivity index is 1.07. The van der Waals surface area contributed by atoms with Crippen molar-refractivity contribution in [3.63, 3.8) is 0 Å². The summed E-state index contributed by atoms with van der Waals surface area (Å²) in [6, 6.07) is 63.1. The minimum atomic E-state index is -0.659. The summed E-state index contributed by atoms with van der Waals surface area (Å²) >= 11 is 1.87. The fourth-order valence-electron chi connectivity index (χ4n) is 9.87. The molecule has 0 bridgehead atoms. The summed E-state index contributed by atoms with van der Waals surface area (Å²) in [6.45, 7) is 0. The molecule has 0 fully saturated rings. The highest BCUT2D eigenvalue weighted by molar-refractivity contribution is 8.00. The molecule has 0 N–H and O–H groups in total. The zero-order valence-electron chi connectivity index (χ0n) is 31.5. The van der Waals surface area contributed by atoms with Crippen LogP contribution >= 0.6 is 11.8 Å². The van der Waals surface area contributed by atoms with Crippen LogP contribution in [0.25, 0.3) is 66.8 Å². The number of pyridine rings is 2. The Hall–Kier alpha value is -7.41. The number of aromatic nitrogens is 4. The molecule has 2 aliphatic carbocycles. The molecule has 7 aromatic carbocycles. The highest BCUT2D eigenvalue weighted by Crippen LogP contribution is 2.66. The van der Waals surface area contributed by atoms with Crippen LogP contribution in [0.2, 0.25) is 0 Å². The summed E-state index contributed by atoms with van der Waals surface area (Å²) in [6.07, 6.45) is 3.82. The third-order valence-corrected chi connectivity index (χ3v) is 13.5. The van der Waals surface area contributed by atoms with Gasteiger partial charge in [0.05, 0.1) is 39.4 Å². The molecular weight excluding hydrogens is 739 g/mol. The maximum Gasteiger partial charge on any atom is 0.161 e. The van der Waals surface area contributed by atoms with E-state index in [-0.39, 0.29) is 0 Å². The van der Waals surface area contributed by atoms with Crippen LogP contribution in [-0.2, 0) is 5.41 Å². The SMILES string of the molecule is c1ccc(-c2nc(-c3cnc4c(c3)C3(c5ccccc5-c5c3ccc3c5Sc5ccccc5N3c3ccc5ccccc5c3)c3cccnc3-4)nc3ccccc23)cc1. The number of nitrogens with zero attached hydrogens (tertiary/aromatic N) is 5. The molecule has 0 amide bonds. The third kappa shape index (κ3) is 4.52. The molecule has 10 aromatic rings. The van der Waals surface area contributed by atoms with E-state index in [1.165, 1.54) is 54.2 Å². The second kappa shape index (κ2) is 12.3. The Labute approximate surface area is 344 Å². The molecule has 1 atom stereocenters. The number of fused-ring (bicyclic) bond motifs is 15. The normalized spacial score (nSPS) is 15.4. The van der Waals surface area contributed by atoms with Crippen LogP contribution in [-0.4, -0.2) is 19.9 Å². The molecule has 0 radical (unpaired) electrons. The molecule has 0 saturated carbocycles. The topological polar surface area (TPSA) is 54.8 Å². The molecule has 1 spiro atoms. The van der Waals surface area contributed by atoms with Crippen LogP contribution in [0.4, 0.5) is 17.1 Å². The fourth-order valence-corrected chi connectivity index (χ4v) is 11.1. The molecule has 1 aliphatic heterocycles. The summed E-state index contributed by atoms with van der Waals surface area (Å²) in [5, 5.41) is 3.46. The number of hydrogen-bond acceptors (Lipinski definition) is 6. The van der Waals surface area contributed by atoms with E-state index >= 15 is 0 Å². The first-order valence-electron chi connectivity index (χ1n) is 19.9.